The molecule has 0 amide bonds. The smallest absolute Gasteiger partial charge is 0.303 e. The molecule has 0 aliphatic carbocycles. The summed E-state index contributed by atoms with van der Waals surface area (Å²) in [6.07, 6.45) is 2.96. The molecule has 0 saturated heterocycles. The van der Waals surface area contributed by atoms with E-state index < -0.39 is 5.97 Å². The molecule has 1 atom stereocenters. The average molecular weight is 202 g/mol. The van der Waals surface area contributed by atoms with Crippen molar-refractivity contribution in [2.75, 3.05) is 0 Å². The molecule has 0 saturated carbocycles. The van der Waals surface area contributed by atoms with Gasteiger partial charge in [0.1, 0.15) is 6.10 Å². The van der Waals surface area contributed by atoms with Crippen molar-refractivity contribution < 1.29 is 19.4 Å². The lowest BCUT2D eigenvalue weighted by molar-refractivity contribution is -0.149. The number of aliphatic carboxylic acids is 1. The molecule has 0 spiro atoms. The standard InChI is InChI=1S/C10H18O4/c1-3-4-5-9(14-8(2)11)6-7-10(12)13/h9H,3-7H2,1-2H3,(H,12,13)/t9-/m0/s1. The number of hydrogen-bond acceptors (Lipinski definition) is 3. The topological polar surface area (TPSA) is 63.6 Å². The Morgan fingerprint density at radius 2 is 2.00 bits per heavy atom. The van der Waals surface area contributed by atoms with Gasteiger partial charge in [0.05, 0.1) is 0 Å². The minimum absolute atomic E-state index is 0.0572. The first-order chi connectivity index (χ1) is 6.56. The van der Waals surface area contributed by atoms with Crippen LogP contribution in [0.2, 0.25) is 0 Å². The van der Waals surface area contributed by atoms with Crippen LogP contribution < -0.4 is 0 Å². The van der Waals surface area contributed by atoms with E-state index in [1.807, 2.05) is 6.92 Å². The summed E-state index contributed by atoms with van der Waals surface area (Å²) in [6, 6.07) is 0. The molecule has 0 unspecified atom stereocenters. The van der Waals surface area contributed by atoms with Crippen LogP contribution in [0.4, 0.5) is 0 Å². The van der Waals surface area contributed by atoms with Crippen LogP contribution in [-0.2, 0) is 14.3 Å². The van der Waals surface area contributed by atoms with Gasteiger partial charge >= 0.3 is 11.9 Å². The molecule has 0 aliphatic rings. The zero-order valence-corrected chi connectivity index (χ0v) is 8.78. The highest BCUT2D eigenvalue weighted by atomic mass is 16.5. The Bertz CT molecular complexity index is 189. The molecule has 0 aromatic carbocycles. The minimum Gasteiger partial charge on any atom is -0.481 e. The summed E-state index contributed by atoms with van der Waals surface area (Å²) < 4.78 is 5.00. The largest absolute Gasteiger partial charge is 0.481 e. The van der Waals surface area contributed by atoms with E-state index in [-0.39, 0.29) is 18.5 Å². The van der Waals surface area contributed by atoms with Crippen LogP contribution in [-0.4, -0.2) is 23.1 Å². The molecule has 1 N–H and O–H groups in total. The van der Waals surface area contributed by atoms with Gasteiger partial charge in [0.15, 0.2) is 0 Å². The second-order valence-corrected chi connectivity index (χ2v) is 3.31. The number of esters is 1. The first kappa shape index (κ1) is 12.9. The van der Waals surface area contributed by atoms with Gasteiger partial charge in [0, 0.05) is 13.3 Å². The van der Waals surface area contributed by atoms with Crippen molar-refractivity contribution in [3.8, 4) is 0 Å². The lowest BCUT2D eigenvalue weighted by atomic mass is 10.1. The molecule has 0 aromatic heterocycles. The van der Waals surface area contributed by atoms with Gasteiger partial charge in [-0.15, -0.1) is 0 Å². The number of carboxylic acids is 1. The second kappa shape index (κ2) is 7.35. The van der Waals surface area contributed by atoms with Crippen molar-refractivity contribution in [3.63, 3.8) is 0 Å². The summed E-state index contributed by atoms with van der Waals surface area (Å²) in [6.45, 7) is 3.39. The number of rotatable bonds is 7. The number of ether oxygens (including phenoxy) is 1. The Labute approximate surface area is 84.3 Å². The summed E-state index contributed by atoms with van der Waals surface area (Å²) >= 11 is 0. The zero-order chi connectivity index (χ0) is 11.0. The minimum atomic E-state index is -0.848. The van der Waals surface area contributed by atoms with Gasteiger partial charge in [0.25, 0.3) is 0 Å². The van der Waals surface area contributed by atoms with Crippen molar-refractivity contribution in [1.29, 1.82) is 0 Å². The fraction of sp³-hybridized carbons (Fsp3) is 0.800. The first-order valence-corrected chi connectivity index (χ1v) is 4.95. The van der Waals surface area contributed by atoms with E-state index in [1.54, 1.807) is 0 Å². The maximum atomic E-state index is 10.7. The third-order valence-corrected chi connectivity index (χ3v) is 1.89. The number of unbranched alkanes of at least 4 members (excludes halogenated alkanes) is 1. The van der Waals surface area contributed by atoms with Crippen molar-refractivity contribution in [1.82, 2.24) is 0 Å². The predicted molar refractivity (Wildman–Crippen MR) is 51.9 cm³/mol. The highest BCUT2D eigenvalue weighted by Crippen LogP contribution is 2.11. The lowest BCUT2D eigenvalue weighted by Gasteiger charge is -2.15. The van der Waals surface area contributed by atoms with Gasteiger partial charge in [-0.2, -0.15) is 0 Å². The average Bonchev–Trinajstić information content (AvgIpc) is 2.09. The SMILES string of the molecule is CCCC[C@@H](CCC(=O)O)OC(C)=O. The van der Waals surface area contributed by atoms with E-state index in [2.05, 4.69) is 0 Å². The summed E-state index contributed by atoms with van der Waals surface area (Å²) in [7, 11) is 0. The highest BCUT2D eigenvalue weighted by molar-refractivity contribution is 5.67. The van der Waals surface area contributed by atoms with Crippen LogP contribution >= 0.6 is 0 Å². The normalized spacial score (nSPS) is 12.1. The van der Waals surface area contributed by atoms with E-state index >= 15 is 0 Å². The number of carboxylic acid groups (broad SMARTS) is 1. The molecule has 0 aliphatic heterocycles. The Balaban J connectivity index is 3.83. The van der Waals surface area contributed by atoms with Crippen LogP contribution in [0.1, 0.15) is 46.0 Å². The molecule has 0 fully saturated rings. The summed E-state index contributed by atoms with van der Waals surface area (Å²) in [5.41, 5.74) is 0. The van der Waals surface area contributed by atoms with Gasteiger partial charge < -0.3 is 9.84 Å². The molecule has 0 radical (unpaired) electrons. The second-order valence-electron chi connectivity index (χ2n) is 3.31. The van der Waals surface area contributed by atoms with E-state index in [0.29, 0.717) is 6.42 Å². The van der Waals surface area contributed by atoms with Crippen LogP contribution in [0, 0.1) is 0 Å². The van der Waals surface area contributed by atoms with E-state index in [1.165, 1.54) is 6.92 Å². The molecule has 0 heterocycles. The lowest BCUT2D eigenvalue weighted by Crippen LogP contribution is -2.17. The zero-order valence-electron chi connectivity index (χ0n) is 8.78. The van der Waals surface area contributed by atoms with Gasteiger partial charge in [-0.05, 0) is 12.8 Å². The van der Waals surface area contributed by atoms with Crippen molar-refractivity contribution >= 4 is 11.9 Å². The van der Waals surface area contributed by atoms with Gasteiger partial charge in [-0.1, -0.05) is 19.8 Å². The van der Waals surface area contributed by atoms with Crippen molar-refractivity contribution in [2.24, 2.45) is 0 Å². The molecule has 0 rings (SSSR count). The Morgan fingerprint density at radius 1 is 1.36 bits per heavy atom. The molecule has 82 valence electrons. The molecule has 0 aromatic rings. The molecule has 4 heteroatoms. The third kappa shape index (κ3) is 7.58. The fourth-order valence-corrected chi connectivity index (χ4v) is 1.21. The van der Waals surface area contributed by atoms with Crippen LogP contribution in [0.3, 0.4) is 0 Å². The maximum absolute atomic E-state index is 10.7. The fourth-order valence-electron chi connectivity index (χ4n) is 1.21. The van der Waals surface area contributed by atoms with E-state index in [9.17, 15) is 9.59 Å². The maximum Gasteiger partial charge on any atom is 0.303 e. The Morgan fingerprint density at radius 3 is 2.43 bits per heavy atom. The van der Waals surface area contributed by atoms with Crippen LogP contribution in [0.5, 0.6) is 0 Å². The molecular weight excluding hydrogens is 184 g/mol. The number of carbonyl (C=O) groups is 2. The van der Waals surface area contributed by atoms with Crippen LogP contribution in [0.15, 0.2) is 0 Å². The van der Waals surface area contributed by atoms with E-state index in [0.717, 1.165) is 19.3 Å². The summed E-state index contributed by atoms with van der Waals surface area (Å²) in [4.78, 5) is 21.0. The number of carbonyl (C=O) groups excluding carboxylic acids is 1. The van der Waals surface area contributed by atoms with Crippen molar-refractivity contribution in [3.05, 3.63) is 0 Å². The highest BCUT2D eigenvalue weighted by Gasteiger charge is 2.12. The van der Waals surface area contributed by atoms with E-state index in [4.69, 9.17) is 9.84 Å². The summed E-state index contributed by atoms with van der Waals surface area (Å²) in [5, 5.41) is 8.48. The van der Waals surface area contributed by atoms with Gasteiger partial charge in [-0.3, -0.25) is 9.59 Å². The molecule has 4 nitrogen and oxygen atoms in total. The van der Waals surface area contributed by atoms with Crippen molar-refractivity contribution in [2.45, 2.75) is 52.1 Å². The van der Waals surface area contributed by atoms with Gasteiger partial charge in [0.2, 0.25) is 0 Å². The van der Waals surface area contributed by atoms with Gasteiger partial charge in [-0.25, -0.2) is 0 Å². The molecule has 0 bridgehead atoms. The monoisotopic (exact) mass is 202 g/mol. The van der Waals surface area contributed by atoms with Crippen LogP contribution in [0.25, 0.3) is 0 Å². The third-order valence-electron chi connectivity index (χ3n) is 1.89. The summed E-state index contributed by atoms with van der Waals surface area (Å²) in [5.74, 6) is -1.19. The number of hydrogen-bond donors (Lipinski definition) is 1. The molecule has 14 heavy (non-hydrogen) atoms. The molecular formula is C10H18O4. The predicted octanol–water partition coefficient (Wildman–Crippen LogP) is 1.97. The first-order valence-electron chi connectivity index (χ1n) is 4.95. The Hall–Kier alpha value is -1.06. The quantitative estimate of drug-likeness (QED) is 0.641. The Kier molecular flexibility index (Phi) is 6.80.